The summed E-state index contributed by atoms with van der Waals surface area (Å²) in [6.45, 7) is 9.67. The fraction of sp³-hybridized carbons (Fsp3) is 0.692. The summed E-state index contributed by atoms with van der Waals surface area (Å²) in [5.74, 6) is 0.511. The molecule has 0 fully saturated rings. The lowest BCUT2D eigenvalue weighted by Gasteiger charge is -2.29. The molecule has 0 aliphatic heterocycles. The number of hydrogen-bond donors (Lipinski definition) is 1. The number of thiophene rings is 1. The third kappa shape index (κ3) is 3.30. The number of nitrogens with one attached hydrogen (secondary N) is 1. The first kappa shape index (κ1) is 13.7. The maximum atomic E-state index is 5.63. The summed E-state index contributed by atoms with van der Waals surface area (Å²) in [6.07, 6.45) is 0.234. The molecule has 0 radical (unpaired) electrons. The Hall–Kier alpha value is -0.380. The molecule has 92 valence electrons. The van der Waals surface area contributed by atoms with Crippen LogP contribution in [0.5, 0.6) is 0 Å². The van der Waals surface area contributed by atoms with Gasteiger partial charge in [0.2, 0.25) is 0 Å². The van der Waals surface area contributed by atoms with Gasteiger partial charge in [-0.2, -0.15) is 0 Å². The zero-order valence-electron chi connectivity index (χ0n) is 10.9. The largest absolute Gasteiger partial charge is 0.379 e. The highest BCUT2D eigenvalue weighted by Gasteiger charge is 2.26. The van der Waals surface area contributed by atoms with E-state index in [1.54, 1.807) is 7.11 Å². The first-order chi connectivity index (χ1) is 7.60. The Kier molecular flexibility index (Phi) is 5.46. The molecule has 0 amide bonds. The first-order valence-corrected chi connectivity index (χ1v) is 6.74. The second-order valence-electron chi connectivity index (χ2n) is 4.43. The number of aryl methyl sites for hydroxylation is 1. The predicted molar refractivity (Wildman–Crippen MR) is 71.1 cm³/mol. The van der Waals surface area contributed by atoms with Crippen LogP contribution in [0.3, 0.4) is 0 Å². The first-order valence-electron chi connectivity index (χ1n) is 5.92. The number of likely N-dealkylation sites (N-methyl/N-ethyl adjacent to an activating group) is 1. The molecular weight excluding hydrogens is 218 g/mol. The van der Waals surface area contributed by atoms with Crippen molar-refractivity contribution in [3.05, 3.63) is 21.9 Å². The summed E-state index contributed by atoms with van der Waals surface area (Å²) in [4.78, 5) is 2.73. The van der Waals surface area contributed by atoms with Gasteiger partial charge >= 0.3 is 0 Å². The quantitative estimate of drug-likeness (QED) is 0.824. The minimum atomic E-state index is 0.234. The van der Waals surface area contributed by atoms with Crippen LogP contribution >= 0.6 is 11.3 Å². The standard InChI is InChI=1S/C13H23NOS/c1-6-14-12(13(15-5)9(2)3)11-8-7-10(4)16-11/h7-9,12-14H,6H2,1-5H3. The van der Waals surface area contributed by atoms with E-state index in [4.69, 9.17) is 4.74 Å². The second kappa shape index (κ2) is 6.38. The molecule has 0 saturated carbocycles. The van der Waals surface area contributed by atoms with Crippen LogP contribution in [0.2, 0.25) is 0 Å². The zero-order chi connectivity index (χ0) is 12.1. The summed E-state index contributed by atoms with van der Waals surface area (Å²) in [7, 11) is 1.80. The molecule has 0 spiro atoms. The average Bonchev–Trinajstić information content (AvgIpc) is 2.64. The van der Waals surface area contributed by atoms with E-state index in [0.717, 1.165) is 6.54 Å². The van der Waals surface area contributed by atoms with E-state index in [0.29, 0.717) is 12.0 Å². The van der Waals surface area contributed by atoms with E-state index < -0.39 is 0 Å². The predicted octanol–water partition coefficient (Wildman–Crippen LogP) is 3.38. The highest BCUT2D eigenvalue weighted by Crippen LogP contribution is 2.29. The van der Waals surface area contributed by atoms with E-state index in [1.807, 2.05) is 11.3 Å². The van der Waals surface area contributed by atoms with Gasteiger partial charge in [0.25, 0.3) is 0 Å². The molecule has 3 heteroatoms. The Balaban J connectivity index is 2.88. The molecule has 1 aromatic heterocycles. The monoisotopic (exact) mass is 241 g/mol. The van der Waals surface area contributed by atoms with Crippen LogP contribution in [0.1, 0.15) is 36.6 Å². The van der Waals surface area contributed by atoms with Crippen LogP contribution in [-0.4, -0.2) is 19.8 Å². The Morgan fingerprint density at radius 2 is 2.06 bits per heavy atom. The summed E-state index contributed by atoms with van der Waals surface area (Å²) >= 11 is 1.85. The lowest BCUT2D eigenvalue weighted by molar-refractivity contribution is 0.0341. The fourth-order valence-corrected chi connectivity index (χ4v) is 3.00. The number of hydrogen-bond acceptors (Lipinski definition) is 3. The molecule has 2 atom stereocenters. The molecule has 0 aliphatic carbocycles. The van der Waals surface area contributed by atoms with E-state index >= 15 is 0 Å². The van der Waals surface area contributed by atoms with Gasteiger partial charge in [-0.15, -0.1) is 11.3 Å². The second-order valence-corrected chi connectivity index (χ2v) is 5.75. The number of ether oxygens (including phenoxy) is 1. The van der Waals surface area contributed by atoms with Gasteiger partial charge in [0.05, 0.1) is 12.1 Å². The Morgan fingerprint density at radius 3 is 2.44 bits per heavy atom. The van der Waals surface area contributed by atoms with Crippen LogP contribution < -0.4 is 5.32 Å². The minimum Gasteiger partial charge on any atom is -0.379 e. The minimum absolute atomic E-state index is 0.234. The van der Waals surface area contributed by atoms with Gasteiger partial charge in [0.15, 0.2) is 0 Å². The van der Waals surface area contributed by atoms with Crippen LogP contribution in [0, 0.1) is 12.8 Å². The van der Waals surface area contributed by atoms with Crippen molar-refractivity contribution in [2.75, 3.05) is 13.7 Å². The van der Waals surface area contributed by atoms with E-state index in [1.165, 1.54) is 9.75 Å². The van der Waals surface area contributed by atoms with Crippen LogP contribution in [-0.2, 0) is 4.74 Å². The Bertz CT molecular complexity index is 309. The van der Waals surface area contributed by atoms with Crippen molar-refractivity contribution in [1.29, 1.82) is 0 Å². The maximum Gasteiger partial charge on any atom is 0.0796 e. The van der Waals surface area contributed by atoms with Gasteiger partial charge in [-0.25, -0.2) is 0 Å². The zero-order valence-corrected chi connectivity index (χ0v) is 11.7. The van der Waals surface area contributed by atoms with Gasteiger partial charge in [0, 0.05) is 16.9 Å². The van der Waals surface area contributed by atoms with E-state index in [-0.39, 0.29) is 6.10 Å². The number of rotatable bonds is 6. The van der Waals surface area contributed by atoms with Crippen LogP contribution in [0.4, 0.5) is 0 Å². The molecule has 0 bridgehead atoms. The van der Waals surface area contributed by atoms with Gasteiger partial charge in [0.1, 0.15) is 0 Å². The van der Waals surface area contributed by atoms with Crippen molar-refractivity contribution in [3.63, 3.8) is 0 Å². The van der Waals surface area contributed by atoms with Gasteiger partial charge < -0.3 is 10.1 Å². The molecule has 1 N–H and O–H groups in total. The Morgan fingerprint density at radius 1 is 1.38 bits per heavy atom. The summed E-state index contributed by atoms with van der Waals surface area (Å²) in [5, 5.41) is 3.53. The van der Waals surface area contributed by atoms with Crippen molar-refractivity contribution < 1.29 is 4.74 Å². The maximum absolute atomic E-state index is 5.63. The van der Waals surface area contributed by atoms with Gasteiger partial charge in [-0.3, -0.25) is 0 Å². The van der Waals surface area contributed by atoms with E-state index in [2.05, 4.69) is 45.1 Å². The lowest BCUT2D eigenvalue weighted by atomic mass is 9.98. The molecule has 1 heterocycles. The smallest absolute Gasteiger partial charge is 0.0796 e. The van der Waals surface area contributed by atoms with Crippen molar-refractivity contribution in [2.24, 2.45) is 5.92 Å². The third-order valence-corrected chi connectivity index (χ3v) is 3.83. The SMILES string of the molecule is CCNC(c1ccc(C)s1)C(OC)C(C)C. The molecule has 1 rings (SSSR count). The van der Waals surface area contributed by atoms with Crippen molar-refractivity contribution >= 4 is 11.3 Å². The number of methoxy groups -OCH3 is 1. The molecule has 0 saturated heterocycles. The molecule has 2 unspecified atom stereocenters. The normalized spacial score (nSPS) is 15.4. The van der Waals surface area contributed by atoms with Crippen LogP contribution in [0.15, 0.2) is 12.1 Å². The molecule has 1 aromatic rings. The van der Waals surface area contributed by atoms with Gasteiger partial charge in [-0.1, -0.05) is 20.8 Å². The molecule has 2 nitrogen and oxygen atoms in total. The molecule has 16 heavy (non-hydrogen) atoms. The van der Waals surface area contributed by atoms with Crippen molar-refractivity contribution in [3.8, 4) is 0 Å². The average molecular weight is 241 g/mol. The molecule has 0 aliphatic rings. The highest BCUT2D eigenvalue weighted by molar-refractivity contribution is 7.12. The Labute approximate surface area is 103 Å². The summed E-state index contributed by atoms with van der Waals surface area (Å²) in [5.41, 5.74) is 0. The summed E-state index contributed by atoms with van der Waals surface area (Å²) < 4.78 is 5.63. The third-order valence-electron chi connectivity index (χ3n) is 2.75. The lowest BCUT2D eigenvalue weighted by Crippen LogP contribution is -2.36. The van der Waals surface area contributed by atoms with Crippen LogP contribution in [0.25, 0.3) is 0 Å². The fourth-order valence-electron chi connectivity index (χ4n) is 2.01. The van der Waals surface area contributed by atoms with Crippen molar-refractivity contribution in [1.82, 2.24) is 5.32 Å². The highest BCUT2D eigenvalue weighted by atomic mass is 32.1. The van der Waals surface area contributed by atoms with Crippen molar-refractivity contribution in [2.45, 2.75) is 39.8 Å². The molecular formula is C13H23NOS. The van der Waals surface area contributed by atoms with E-state index in [9.17, 15) is 0 Å². The van der Waals surface area contributed by atoms with Gasteiger partial charge in [-0.05, 0) is 31.5 Å². The molecule has 0 aromatic carbocycles. The topological polar surface area (TPSA) is 21.3 Å². The summed E-state index contributed by atoms with van der Waals surface area (Å²) in [6, 6.07) is 4.70.